The minimum absolute atomic E-state index is 0.105. The van der Waals surface area contributed by atoms with Crippen molar-refractivity contribution in [3.8, 4) is 0 Å². The van der Waals surface area contributed by atoms with Crippen LogP contribution in [0, 0.1) is 0 Å². The Balaban J connectivity index is 1.39. The SMILES string of the molecule is CCOC(=O)C1=C(COC(=O)c2c3c(nc4ccccc24)/C(=C\c2ccccc2)CCC3)NC(=O)NC1c1ccco1. The second kappa shape index (κ2) is 11.7. The van der Waals surface area contributed by atoms with Crippen LogP contribution in [0.1, 0.15) is 58.7 Å². The number of nitrogens with zero attached hydrogens (tertiary/aromatic N) is 1. The third kappa shape index (κ3) is 5.28. The number of pyridine rings is 1. The molecule has 1 atom stereocenters. The molecule has 9 nitrogen and oxygen atoms in total. The first-order valence-electron chi connectivity index (χ1n) is 13.9. The van der Waals surface area contributed by atoms with E-state index in [-0.39, 0.29) is 24.5 Å². The first kappa shape index (κ1) is 27.0. The van der Waals surface area contributed by atoms with Gasteiger partial charge in [-0.2, -0.15) is 0 Å². The second-order valence-electron chi connectivity index (χ2n) is 10.0. The van der Waals surface area contributed by atoms with Crippen molar-refractivity contribution < 1.29 is 28.3 Å². The largest absolute Gasteiger partial charge is 0.467 e. The third-order valence-corrected chi connectivity index (χ3v) is 7.34. The number of hydrogen-bond acceptors (Lipinski definition) is 7. The maximum absolute atomic E-state index is 13.9. The number of urea groups is 1. The number of esters is 2. The summed E-state index contributed by atoms with van der Waals surface area (Å²) >= 11 is 0. The molecule has 2 aromatic carbocycles. The number of nitrogens with one attached hydrogen (secondary N) is 2. The number of carbonyl (C=O) groups is 3. The maximum Gasteiger partial charge on any atom is 0.339 e. The van der Waals surface area contributed by atoms with Crippen molar-refractivity contribution in [2.24, 2.45) is 0 Å². The van der Waals surface area contributed by atoms with Gasteiger partial charge in [0.25, 0.3) is 0 Å². The van der Waals surface area contributed by atoms with E-state index in [1.165, 1.54) is 6.26 Å². The summed E-state index contributed by atoms with van der Waals surface area (Å²) in [6.07, 6.45) is 5.93. The smallest absolute Gasteiger partial charge is 0.339 e. The molecule has 2 amide bonds. The number of aromatic nitrogens is 1. The minimum Gasteiger partial charge on any atom is -0.467 e. The Morgan fingerprint density at radius 2 is 1.81 bits per heavy atom. The molecule has 0 saturated carbocycles. The predicted octanol–water partition coefficient (Wildman–Crippen LogP) is 5.73. The summed E-state index contributed by atoms with van der Waals surface area (Å²) in [5, 5.41) is 6.00. The number of fused-ring (bicyclic) bond motifs is 2. The predicted molar refractivity (Wildman–Crippen MR) is 156 cm³/mol. The molecule has 2 N–H and O–H groups in total. The van der Waals surface area contributed by atoms with Gasteiger partial charge in [-0.1, -0.05) is 48.5 Å². The van der Waals surface area contributed by atoms with Crippen LogP contribution in [0.25, 0.3) is 22.6 Å². The van der Waals surface area contributed by atoms with Crippen molar-refractivity contribution in [3.05, 3.63) is 112 Å². The second-order valence-corrected chi connectivity index (χ2v) is 10.0. The molecular formula is C33H29N3O6. The van der Waals surface area contributed by atoms with Gasteiger partial charge in [0.15, 0.2) is 0 Å². The number of carbonyl (C=O) groups excluding carboxylic acids is 3. The van der Waals surface area contributed by atoms with Crippen molar-refractivity contribution in [3.63, 3.8) is 0 Å². The summed E-state index contributed by atoms with van der Waals surface area (Å²) in [4.78, 5) is 44.4. The van der Waals surface area contributed by atoms with Crippen LogP contribution in [0.3, 0.4) is 0 Å². The monoisotopic (exact) mass is 563 g/mol. The molecule has 9 heteroatoms. The molecule has 1 unspecified atom stereocenters. The van der Waals surface area contributed by atoms with E-state index in [0.29, 0.717) is 28.6 Å². The molecule has 1 aliphatic heterocycles. The van der Waals surface area contributed by atoms with Crippen LogP contribution in [0.2, 0.25) is 0 Å². The molecule has 6 rings (SSSR count). The Morgan fingerprint density at radius 1 is 1.00 bits per heavy atom. The topological polar surface area (TPSA) is 120 Å². The van der Waals surface area contributed by atoms with Crippen LogP contribution in [0.4, 0.5) is 4.79 Å². The van der Waals surface area contributed by atoms with Crippen LogP contribution in [-0.4, -0.2) is 36.2 Å². The molecule has 0 bridgehead atoms. The van der Waals surface area contributed by atoms with E-state index in [9.17, 15) is 14.4 Å². The van der Waals surface area contributed by atoms with Gasteiger partial charge in [0, 0.05) is 5.39 Å². The fourth-order valence-electron chi connectivity index (χ4n) is 5.52. The Labute approximate surface area is 242 Å². The lowest BCUT2D eigenvalue weighted by Crippen LogP contribution is -2.47. The van der Waals surface area contributed by atoms with Gasteiger partial charge in [0.2, 0.25) is 0 Å². The summed E-state index contributed by atoms with van der Waals surface area (Å²) in [6.45, 7) is 1.46. The molecule has 0 fully saturated rings. The summed E-state index contributed by atoms with van der Waals surface area (Å²) in [6, 6.07) is 19.4. The Kier molecular flexibility index (Phi) is 7.55. The van der Waals surface area contributed by atoms with E-state index in [4.69, 9.17) is 18.9 Å². The number of benzene rings is 2. The summed E-state index contributed by atoms with van der Waals surface area (Å²) in [7, 11) is 0. The lowest BCUT2D eigenvalue weighted by molar-refractivity contribution is -0.139. The van der Waals surface area contributed by atoms with Crippen LogP contribution in [0.5, 0.6) is 0 Å². The normalized spacial score (nSPS) is 17.4. The number of rotatable bonds is 7. The van der Waals surface area contributed by atoms with Crippen molar-refractivity contribution in [2.45, 2.75) is 32.2 Å². The van der Waals surface area contributed by atoms with Gasteiger partial charge in [-0.15, -0.1) is 0 Å². The van der Waals surface area contributed by atoms with Crippen molar-refractivity contribution >= 4 is 40.5 Å². The Hall–Kier alpha value is -5.18. The molecule has 0 radical (unpaired) electrons. The molecule has 0 saturated heterocycles. The number of ether oxygens (including phenoxy) is 2. The Bertz CT molecular complexity index is 1720. The number of para-hydroxylation sites is 1. The molecule has 2 aromatic heterocycles. The van der Waals surface area contributed by atoms with Gasteiger partial charge in [0.05, 0.1) is 40.9 Å². The van der Waals surface area contributed by atoms with E-state index in [0.717, 1.165) is 35.2 Å². The third-order valence-electron chi connectivity index (χ3n) is 7.34. The molecule has 3 heterocycles. The van der Waals surface area contributed by atoms with E-state index in [2.05, 4.69) is 16.7 Å². The summed E-state index contributed by atoms with van der Waals surface area (Å²) in [5.74, 6) is -0.868. The first-order chi connectivity index (χ1) is 20.5. The van der Waals surface area contributed by atoms with Gasteiger partial charge < -0.3 is 24.5 Å². The van der Waals surface area contributed by atoms with Crippen LogP contribution >= 0.6 is 0 Å². The van der Waals surface area contributed by atoms with Gasteiger partial charge in [-0.25, -0.2) is 19.4 Å². The van der Waals surface area contributed by atoms with Gasteiger partial charge in [-0.05, 0) is 67.2 Å². The number of amides is 2. The number of furan rings is 1. The summed E-state index contributed by atoms with van der Waals surface area (Å²) < 4.78 is 16.6. The average Bonchev–Trinajstić information content (AvgIpc) is 3.54. The molecule has 1 aliphatic carbocycles. The van der Waals surface area contributed by atoms with Crippen molar-refractivity contribution in [2.75, 3.05) is 13.2 Å². The number of hydrogen-bond donors (Lipinski definition) is 2. The zero-order valence-electron chi connectivity index (χ0n) is 23.0. The lowest BCUT2D eigenvalue weighted by Gasteiger charge is -2.28. The van der Waals surface area contributed by atoms with Gasteiger partial charge >= 0.3 is 18.0 Å². The highest BCUT2D eigenvalue weighted by atomic mass is 16.5. The molecule has 42 heavy (non-hydrogen) atoms. The quantitative estimate of drug-likeness (QED) is 0.276. The van der Waals surface area contributed by atoms with Gasteiger partial charge in [-0.3, -0.25) is 0 Å². The highest BCUT2D eigenvalue weighted by molar-refractivity contribution is 6.07. The fraction of sp³-hybridized carbons (Fsp3) is 0.212. The highest BCUT2D eigenvalue weighted by Crippen LogP contribution is 2.37. The van der Waals surface area contributed by atoms with E-state index in [1.807, 2.05) is 54.6 Å². The fourth-order valence-corrected chi connectivity index (χ4v) is 5.52. The van der Waals surface area contributed by atoms with Crippen molar-refractivity contribution in [1.82, 2.24) is 15.6 Å². The van der Waals surface area contributed by atoms with Crippen molar-refractivity contribution in [1.29, 1.82) is 0 Å². The summed E-state index contributed by atoms with van der Waals surface area (Å²) in [5.41, 5.74) is 5.09. The first-order valence-corrected chi connectivity index (χ1v) is 13.9. The van der Waals surface area contributed by atoms with Crippen LogP contribution in [-0.2, 0) is 20.7 Å². The molecule has 212 valence electrons. The molecule has 4 aromatic rings. The van der Waals surface area contributed by atoms with E-state index < -0.39 is 24.0 Å². The zero-order valence-corrected chi connectivity index (χ0v) is 23.0. The molecular weight excluding hydrogens is 534 g/mol. The molecule has 0 spiro atoms. The highest BCUT2D eigenvalue weighted by Gasteiger charge is 2.36. The van der Waals surface area contributed by atoms with E-state index in [1.54, 1.807) is 19.1 Å². The maximum atomic E-state index is 13.9. The Morgan fingerprint density at radius 3 is 2.60 bits per heavy atom. The zero-order chi connectivity index (χ0) is 29.1. The molecule has 2 aliphatic rings. The number of allylic oxidation sites excluding steroid dienone is 1. The van der Waals surface area contributed by atoms with E-state index >= 15 is 0 Å². The average molecular weight is 564 g/mol. The lowest BCUT2D eigenvalue weighted by atomic mass is 9.86. The standard InChI is InChI=1S/C33H29N3O6/c1-2-40-32(38)28-25(35-33(39)36-30(28)26-16-9-17-41-26)19-42-31(37)27-22-13-6-7-15-24(22)34-29-21(12-8-14-23(27)29)18-20-10-4-3-5-11-20/h3-7,9-11,13,15-18,30H,2,8,12,14,19H2,1H3,(H2,35,36,39)/b21-18-. The van der Waals surface area contributed by atoms with Crippen LogP contribution in [0.15, 0.2) is 88.7 Å². The minimum atomic E-state index is -0.901. The van der Waals surface area contributed by atoms with Gasteiger partial charge in [0.1, 0.15) is 18.4 Å². The van der Waals surface area contributed by atoms with Crippen LogP contribution < -0.4 is 10.6 Å².